The van der Waals surface area contributed by atoms with Gasteiger partial charge >= 0.3 is 5.97 Å². The predicted molar refractivity (Wildman–Crippen MR) is 117 cm³/mol. The molecular weight excluding hydrogens is 400 g/mol. The van der Waals surface area contributed by atoms with Crippen LogP contribution in [0.25, 0.3) is 10.6 Å². The summed E-state index contributed by atoms with van der Waals surface area (Å²) in [4.78, 5) is 23.4. The van der Waals surface area contributed by atoms with Crippen molar-refractivity contribution >= 4 is 28.9 Å². The van der Waals surface area contributed by atoms with Crippen molar-refractivity contribution in [3.63, 3.8) is 0 Å². The van der Waals surface area contributed by atoms with E-state index in [2.05, 4.69) is 32.3 Å². The molecule has 156 valence electrons. The summed E-state index contributed by atoms with van der Waals surface area (Å²) in [5, 5.41) is 22.0. The highest BCUT2D eigenvalue weighted by Gasteiger charge is 2.16. The number of aliphatic hydroxyl groups is 1. The summed E-state index contributed by atoms with van der Waals surface area (Å²) in [5.41, 5.74) is 2.83. The fraction of sp³-hybridized carbons (Fsp3) is 0.318. The van der Waals surface area contributed by atoms with E-state index >= 15 is 0 Å². The molecule has 1 saturated heterocycles. The number of carbonyl (C=O) groups is 1. The number of likely N-dealkylation sites (tertiary alicyclic amines) is 1. The van der Waals surface area contributed by atoms with Gasteiger partial charge in [-0.3, -0.25) is 0 Å². The van der Waals surface area contributed by atoms with Gasteiger partial charge in [-0.15, -0.1) is 11.3 Å². The van der Waals surface area contributed by atoms with Gasteiger partial charge < -0.3 is 20.4 Å². The number of hydrogen-bond acceptors (Lipinski definition) is 7. The van der Waals surface area contributed by atoms with Crippen LogP contribution in [0.2, 0.25) is 0 Å². The van der Waals surface area contributed by atoms with Gasteiger partial charge in [0.2, 0.25) is 5.95 Å². The molecule has 0 radical (unpaired) electrons. The van der Waals surface area contributed by atoms with Crippen molar-refractivity contribution in [3.8, 4) is 10.6 Å². The zero-order valence-electron chi connectivity index (χ0n) is 16.5. The third kappa shape index (κ3) is 5.21. The maximum absolute atomic E-state index is 11.1. The van der Waals surface area contributed by atoms with Crippen molar-refractivity contribution in [1.82, 2.24) is 14.9 Å². The van der Waals surface area contributed by atoms with Gasteiger partial charge in [-0.2, -0.15) is 0 Å². The van der Waals surface area contributed by atoms with Crippen molar-refractivity contribution in [3.05, 3.63) is 59.1 Å². The molecule has 0 aliphatic carbocycles. The Morgan fingerprint density at radius 1 is 1.20 bits per heavy atom. The van der Waals surface area contributed by atoms with E-state index in [-0.39, 0.29) is 11.0 Å². The third-order valence-electron chi connectivity index (χ3n) is 5.18. The lowest BCUT2D eigenvalue weighted by Gasteiger charge is -2.29. The second kappa shape index (κ2) is 9.34. The fourth-order valence-corrected chi connectivity index (χ4v) is 4.33. The minimum absolute atomic E-state index is 0.144. The Kier molecular flexibility index (Phi) is 6.37. The van der Waals surface area contributed by atoms with Crippen LogP contribution in [0.5, 0.6) is 0 Å². The summed E-state index contributed by atoms with van der Waals surface area (Å²) < 4.78 is 0. The molecule has 0 amide bonds. The van der Waals surface area contributed by atoms with Crippen molar-refractivity contribution in [2.75, 3.05) is 25.0 Å². The molecule has 3 N–H and O–H groups in total. The maximum atomic E-state index is 11.1. The summed E-state index contributed by atoms with van der Waals surface area (Å²) >= 11 is 1.19. The summed E-state index contributed by atoms with van der Waals surface area (Å²) in [6.45, 7) is 2.88. The lowest BCUT2D eigenvalue weighted by atomic mass is 10.1. The number of benzene rings is 1. The predicted octanol–water partition coefficient (Wildman–Crippen LogP) is 3.65. The van der Waals surface area contributed by atoms with Crippen LogP contribution in [0.3, 0.4) is 0 Å². The quantitative estimate of drug-likeness (QED) is 0.532. The number of carboxylic acids is 1. The average Bonchev–Trinajstić information content (AvgIpc) is 3.25. The molecule has 7 nitrogen and oxygen atoms in total. The van der Waals surface area contributed by atoms with Gasteiger partial charge in [0, 0.05) is 31.5 Å². The number of carboxylic acid groups (broad SMARTS) is 1. The first kappa shape index (κ1) is 20.5. The second-order valence-electron chi connectivity index (χ2n) is 7.38. The molecule has 0 unspecified atom stereocenters. The Bertz CT molecular complexity index is 1010. The molecular formula is C22H24N4O3S. The van der Waals surface area contributed by atoms with Crippen LogP contribution in [0.4, 0.5) is 11.6 Å². The zero-order valence-corrected chi connectivity index (χ0v) is 17.3. The Hall–Kier alpha value is -2.81. The molecule has 3 aromatic rings. The Morgan fingerprint density at radius 2 is 2.03 bits per heavy atom. The Morgan fingerprint density at radius 3 is 2.80 bits per heavy atom. The van der Waals surface area contributed by atoms with E-state index in [0.29, 0.717) is 11.6 Å². The highest BCUT2D eigenvalue weighted by Crippen LogP contribution is 2.27. The van der Waals surface area contributed by atoms with Gasteiger partial charge in [-0.1, -0.05) is 12.1 Å². The van der Waals surface area contributed by atoms with Crippen molar-refractivity contribution in [1.29, 1.82) is 0 Å². The van der Waals surface area contributed by atoms with Crippen LogP contribution in [0.15, 0.2) is 48.7 Å². The van der Waals surface area contributed by atoms with E-state index in [4.69, 9.17) is 5.11 Å². The first-order valence-corrected chi connectivity index (χ1v) is 10.8. The smallest absolute Gasteiger partial charge is 0.345 e. The van der Waals surface area contributed by atoms with E-state index in [1.54, 1.807) is 24.4 Å². The summed E-state index contributed by atoms with van der Waals surface area (Å²) in [6.07, 6.45) is 4.18. The third-order valence-corrected chi connectivity index (χ3v) is 6.28. The first-order valence-electron chi connectivity index (χ1n) is 10.00. The monoisotopic (exact) mass is 424 g/mol. The van der Waals surface area contributed by atoms with Gasteiger partial charge in [0.1, 0.15) is 4.88 Å². The number of hydrogen-bond donors (Lipinski definition) is 3. The van der Waals surface area contributed by atoms with Crippen LogP contribution in [-0.4, -0.2) is 56.8 Å². The zero-order chi connectivity index (χ0) is 20.9. The summed E-state index contributed by atoms with van der Waals surface area (Å²) in [5.74, 6) is -0.462. The van der Waals surface area contributed by atoms with Crippen molar-refractivity contribution in [2.24, 2.45) is 0 Å². The molecule has 0 spiro atoms. The average molecular weight is 425 g/mol. The second-order valence-corrected chi connectivity index (χ2v) is 8.47. The first-order chi connectivity index (χ1) is 14.6. The number of aliphatic hydroxyl groups excluding tert-OH is 1. The normalized spacial score (nSPS) is 15.2. The van der Waals surface area contributed by atoms with Crippen LogP contribution in [0.1, 0.15) is 28.1 Å². The largest absolute Gasteiger partial charge is 0.477 e. The summed E-state index contributed by atoms with van der Waals surface area (Å²) in [6, 6.07) is 13.3. The molecule has 0 atom stereocenters. The molecule has 1 fully saturated rings. The van der Waals surface area contributed by atoms with E-state index in [1.165, 1.54) is 16.9 Å². The SMILES string of the molecule is O=C(O)c1ccc(-c2ccnc(Nc3cccc(CCN4CCC(O)CC4)c3)n2)s1. The fourth-order valence-electron chi connectivity index (χ4n) is 3.51. The lowest BCUT2D eigenvalue weighted by molar-refractivity contribution is 0.0702. The summed E-state index contributed by atoms with van der Waals surface area (Å²) in [7, 11) is 0. The number of nitrogens with zero attached hydrogens (tertiary/aromatic N) is 3. The standard InChI is InChI=1S/C22H24N4O3S/c27-17-8-12-26(13-9-17)11-7-15-2-1-3-16(14-15)24-22-23-10-6-18(25-22)19-4-5-20(30-19)21(28)29/h1-6,10,14,17,27H,7-9,11-13H2,(H,28,29)(H,23,24,25). The molecule has 1 aliphatic rings. The van der Waals surface area contributed by atoms with Crippen molar-refractivity contribution in [2.45, 2.75) is 25.4 Å². The molecule has 30 heavy (non-hydrogen) atoms. The number of thiophene rings is 1. The Balaban J connectivity index is 1.40. The number of aromatic carboxylic acids is 1. The van der Waals surface area contributed by atoms with Gasteiger partial charge in [0.15, 0.2) is 0 Å². The number of aromatic nitrogens is 2. The number of nitrogens with one attached hydrogen (secondary N) is 1. The minimum atomic E-state index is -0.934. The lowest BCUT2D eigenvalue weighted by Crippen LogP contribution is -2.37. The van der Waals surface area contributed by atoms with Gasteiger partial charge in [-0.25, -0.2) is 14.8 Å². The molecule has 8 heteroatoms. The molecule has 1 aromatic carbocycles. The molecule has 2 aromatic heterocycles. The van der Waals surface area contributed by atoms with Crippen LogP contribution in [0, 0.1) is 0 Å². The molecule has 3 heterocycles. The van der Waals surface area contributed by atoms with E-state index in [1.807, 2.05) is 12.1 Å². The van der Waals surface area contributed by atoms with Crippen LogP contribution >= 0.6 is 11.3 Å². The van der Waals surface area contributed by atoms with Gasteiger partial charge in [-0.05, 0) is 55.2 Å². The van der Waals surface area contributed by atoms with E-state index in [9.17, 15) is 9.90 Å². The molecule has 4 rings (SSSR count). The topological polar surface area (TPSA) is 98.6 Å². The van der Waals surface area contributed by atoms with Crippen LogP contribution < -0.4 is 5.32 Å². The number of rotatable bonds is 7. The van der Waals surface area contributed by atoms with Gasteiger partial charge in [0.25, 0.3) is 0 Å². The highest BCUT2D eigenvalue weighted by molar-refractivity contribution is 7.17. The Labute approximate surface area is 179 Å². The molecule has 1 aliphatic heterocycles. The minimum Gasteiger partial charge on any atom is -0.477 e. The van der Waals surface area contributed by atoms with E-state index < -0.39 is 5.97 Å². The van der Waals surface area contributed by atoms with Gasteiger partial charge in [0.05, 0.1) is 16.7 Å². The number of anilines is 2. The molecule has 0 saturated carbocycles. The molecule has 0 bridgehead atoms. The van der Waals surface area contributed by atoms with Crippen LogP contribution in [-0.2, 0) is 6.42 Å². The maximum Gasteiger partial charge on any atom is 0.345 e. The van der Waals surface area contributed by atoms with Crippen molar-refractivity contribution < 1.29 is 15.0 Å². The van der Waals surface area contributed by atoms with E-state index in [0.717, 1.165) is 49.5 Å². The number of piperidine rings is 1. The highest BCUT2D eigenvalue weighted by atomic mass is 32.1.